The first-order chi connectivity index (χ1) is 9.61. The summed E-state index contributed by atoms with van der Waals surface area (Å²) in [6, 6.07) is 5.21. The van der Waals surface area contributed by atoms with Gasteiger partial charge in [0.15, 0.2) is 0 Å². The Balaban J connectivity index is 1.64. The van der Waals surface area contributed by atoms with Crippen LogP contribution >= 0.6 is 15.9 Å². The van der Waals surface area contributed by atoms with E-state index in [2.05, 4.69) is 37.0 Å². The number of benzene rings is 1. The summed E-state index contributed by atoms with van der Waals surface area (Å²) in [6.07, 6.45) is 4.17. The van der Waals surface area contributed by atoms with Crippen LogP contribution in [0.2, 0.25) is 0 Å². The standard InChI is InChI=1S/C15H17BrFN3/c1-10-8-20-9-13(3-5-15(20)19-10)18-7-11-6-12(17)2-4-14(11)16/h2,4,6,8,13,18H,3,5,7,9H2,1H3. The highest BCUT2D eigenvalue weighted by atomic mass is 79.9. The minimum absolute atomic E-state index is 0.193. The molecular formula is C15H17BrFN3. The highest BCUT2D eigenvalue weighted by molar-refractivity contribution is 9.10. The van der Waals surface area contributed by atoms with Crippen molar-refractivity contribution in [1.29, 1.82) is 0 Å². The number of aryl methyl sites for hydroxylation is 2. The predicted molar refractivity (Wildman–Crippen MR) is 80.0 cm³/mol. The van der Waals surface area contributed by atoms with Crippen molar-refractivity contribution >= 4 is 15.9 Å². The average Bonchev–Trinajstić information content (AvgIpc) is 2.79. The molecule has 1 aromatic heterocycles. The molecule has 1 aliphatic heterocycles. The second-order valence-electron chi connectivity index (χ2n) is 5.30. The average molecular weight is 338 g/mol. The zero-order valence-corrected chi connectivity index (χ0v) is 13.0. The SMILES string of the molecule is Cc1cn2c(n1)CCC(NCc1cc(F)ccc1Br)C2. The molecule has 3 rings (SSSR count). The Morgan fingerprint density at radius 3 is 3.20 bits per heavy atom. The molecule has 106 valence electrons. The maximum atomic E-state index is 13.3. The quantitative estimate of drug-likeness (QED) is 0.932. The van der Waals surface area contributed by atoms with Crippen LogP contribution in [0, 0.1) is 12.7 Å². The summed E-state index contributed by atoms with van der Waals surface area (Å²) >= 11 is 3.46. The molecule has 0 aliphatic carbocycles. The number of fused-ring (bicyclic) bond motifs is 1. The second-order valence-corrected chi connectivity index (χ2v) is 6.16. The normalized spacial score (nSPS) is 18.1. The van der Waals surface area contributed by atoms with Gasteiger partial charge in [-0.3, -0.25) is 0 Å². The van der Waals surface area contributed by atoms with E-state index in [1.54, 1.807) is 12.1 Å². The molecule has 1 aliphatic rings. The van der Waals surface area contributed by atoms with E-state index in [4.69, 9.17) is 0 Å². The Morgan fingerprint density at radius 1 is 1.50 bits per heavy atom. The van der Waals surface area contributed by atoms with E-state index in [0.29, 0.717) is 12.6 Å². The summed E-state index contributed by atoms with van der Waals surface area (Å²) in [4.78, 5) is 4.51. The second kappa shape index (κ2) is 5.66. The van der Waals surface area contributed by atoms with Gasteiger partial charge in [-0.05, 0) is 37.1 Å². The van der Waals surface area contributed by atoms with E-state index in [0.717, 1.165) is 35.1 Å². The number of nitrogens with one attached hydrogen (secondary N) is 1. The molecule has 2 heterocycles. The molecule has 5 heteroatoms. The lowest BCUT2D eigenvalue weighted by Gasteiger charge is -2.25. The van der Waals surface area contributed by atoms with Crippen molar-refractivity contribution < 1.29 is 4.39 Å². The van der Waals surface area contributed by atoms with Crippen LogP contribution in [-0.4, -0.2) is 15.6 Å². The summed E-state index contributed by atoms with van der Waals surface area (Å²) in [5, 5.41) is 3.51. The fourth-order valence-corrected chi connectivity index (χ4v) is 3.07. The summed E-state index contributed by atoms with van der Waals surface area (Å²) < 4.78 is 16.4. The molecule has 0 bridgehead atoms. The van der Waals surface area contributed by atoms with Gasteiger partial charge in [-0.25, -0.2) is 9.37 Å². The maximum absolute atomic E-state index is 13.3. The summed E-state index contributed by atoms with van der Waals surface area (Å²) in [7, 11) is 0. The highest BCUT2D eigenvalue weighted by Gasteiger charge is 2.19. The van der Waals surface area contributed by atoms with Gasteiger partial charge in [0.05, 0.1) is 5.69 Å². The van der Waals surface area contributed by atoms with E-state index >= 15 is 0 Å². The van der Waals surface area contributed by atoms with Crippen molar-refractivity contribution in [3.8, 4) is 0 Å². The Kier molecular flexibility index (Phi) is 3.89. The third-order valence-corrected chi connectivity index (χ3v) is 4.48. The van der Waals surface area contributed by atoms with E-state index in [-0.39, 0.29) is 5.82 Å². The molecule has 0 fully saturated rings. The molecule has 3 nitrogen and oxygen atoms in total. The number of halogens is 2. The predicted octanol–water partition coefficient (Wildman–Crippen LogP) is 3.20. The first-order valence-electron chi connectivity index (χ1n) is 6.82. The van der Waals surface area contributed by atoms with Crippen LogP contribution in [-0.2, 0) is 19.5 Å². The number of hydrogen-bond donors (Lipinski definition) is 1. The third-order valence-electron chi connectivity index (χ3n) is 3.70. The largest absolute Gasteiger partial charge is 0.333 e. The van der Waals surface area contributed by atoms with E-state index in [9.17, 15) is 4.39 Å². The van der Waals surface area contributed by atoms with Crippen LogP contribution in [0.3, 0.4) is 0 Å². The van der Waals surface area contributed by atoms with Crippen molar-refractivity contribution in [3.63, 3.8) is 0 Å². The Bertz CT molecular complexity index is 624. The van der Waals surface area contributed by atoms with Gasteiger partial charge in [0, 0.05) is 36.2 Å². The summed E-state index contributed by atoms with van der Waals surface area (Å²) in [5.74, 6) is 0.980. The van der Waals surface area contributed by atoms with Gasteiger partial charge < -0.3 is 9.88 Å². The van der Waals surface area contributed by atoms with Crippen molar-refractivity contribution in [2.45, 2.75) is 38.9 Å². The number of aromatic nitrogens is 2. The Morgan fingerprint density at radius 2 is 2.35 bits per heavy atom. The molecule has 2 aromatic rings. The molecule has 0 saturated heterocycles. The van der Waals surface area contributed by atoms with Crippen molar-refractivity contribution in [1.82, 2.24) is 14.9 Å². The minimum atomic E-state index is -0.193. The maximum Gasteiger partial charge on any atom is 0.123 e. The molecule has 20 heavy (non-hydrogen) atoms. The lowest BCUT2D eigenvalue weighted by Crippen LogP contribution is -2.36. The topological polar surface area (TPSA) is 29.9 Å². The molecule has 0 spiro atoms. The van der Waals surface area contributed by atoms with Gasteiger partial charge in [0.2, 0.25) is 0 Å². The van der Waals surface area contributed by atoms with Crippen LogP contribution in [0.25, 0.3) is 0 Å². The summed E-state index contributed by atoms with van der Waals surface area (Å²) in [5.41, 5.74) is 2.03. The van der Waals surface area contributed by atoms with Gasteiger partial charge in [-0.15, -0.1) is 0 Å². The van der Waals surface area contributed by atoms with E-state index < -0.39 is 0 Å². The Labute approximate surface area is 126 Å². The molecule has 0 radical (unpaired) electrons. The lowest BCUT2D eigenvalue weighted by molar-refractivity contribution is 0.378. The summed E-state index contributed by atoms with van der Waals surface area (Å²) in [6.45, 7) is 3.63. The van der Waals surface area contributed by atoms with Gasteiger partial charge in [0.25, 0.3) is 0 Å². The number of rotatable bonds is 3. The molecule has 1 N–H and O–H groups in total. The molecular weight excluding hydrogens is 321 g/mol. The van der Waals surface area contributed by atoms with Gasteiger partial charge in [-0.2, -0.15) is 0 Å². The zero-order chi connectivity index (χ0) is 14.1. The van der Waals surface area contributed by atoms with Crippen molar-refractivity contribution in [3.05, 3.63) is 51.8 Å². The van der Waals surface area contributed by atoms with Crippen molar-refractivity contribution in [2.75, 3.05) is 0 Å². The molecule has 1 atom stereocenters. The van der Waals surface area contributed by atoms with Crippen LogP contribution in [0.5, 0.6) is 0 Å². The minimum Gasteiger partial charge on any atom is -0.333 e. The van der Waals surface area contributed by atoms with Crippen LogP contribution < -0.4 is 5.32 Å². The van der Waals surface area contributed by atoms with Gasteiger partial charge >= 0.3 is 0 Å². The fraction of sp³-hybridized carbons (Fsp3) is 0.400. The number of imidazole rings is 1. The van der Waals surface area contributed by atoms with Crippen LogP contribution in [0.15, 0.2) is 28.9 Å². The molecule has 0 amide bonds. The first-order valence-corrected chi connectivity index (χ1v) is 7.61. The first kappa shape index (κ1) is 13.8. The van der Waals surface area contributed by atoms with E-state index in [1.165, 1.54) is 11.9 Å². The number of nitrogens with zero attached hydrogens (tertiary/aromatic N) is 2. The monoisotopic (exact) mass is 337 g/mol. The lowest BCUT2D eigenvalue weighted by atomic mass is 10.1. The molecule has 1 aromatic carbocycles. The van der Waals surface area contributed by atoms with Crippen molar-refractivity contribution in [2.24, 2.45) is 0 Å². The van der Waals surface area contributed by atoms with Crippen LogP contribution in [0.1, 0.15) is 23.5 Å². The van der Waals surface area contributed by atoms with Gasteiger partial charge in [0.1, 0.15) is 11.6 Å². The smallest absolute Gasteiger partial charge is 0.123 e. The number of hydrogen-bond acceptors (Lipinski definition) is 2. The molecule has 0 saturated carbocycles. The fourth-order valence-electron chi connectivity index (χ4n) is 2.69. The van der Waals surface area contributed by atoms with E-state index in [1.807, 2.05) is 6.92 Å². The zero-order valence-electron chi connectivity index (χ0n) is 11.4. The Hall–Kier alpha value is -1.20. The highest BCUT2D eigenvalue weighted by Crippen LogP contribution is 2.19. The molecule has 1 unspecified atom stereocenters. The third kappa shape index (κ3) is 2.94. The van der Waals surface area contributed by atoms with Crippen LogP contribution in [0.4, 0.5) is 4.39 Å². The van der Waals surface area contributed by atoms with Gasteiger partial charge in [-0.1, -0.05) is 15.9 Å².